The lowest BCUT2D eigenvalue weighted by molar-refractivity contribution is 0.142. The lowest BCUT2D eigenvalue weighted by atomic mass is 9.96. The monoisotopic (exact) mass is 343 g/mol. The maximum atomic E-state index is 4.40. The predicted molar refractivity (Wildman–Crippen MR) is 102 cm³/mol. The van der Waals surface area contributed by atoms with Gasteiger partial charge in [-0.15, -0.1) is 11.3 Å². The summed E-state index contributed by atoms with van der Waals surface area (Å²) in [5.74, 6) is 0.792. The van der Waals surface area contributed by atoms with E-state index in [0.29, 0.717) is 0 Å². The van der Waals surface area contributed by atoms with Gasteiger partial charge >= 0.3 is 0 Å². The Balaban J connectivity index is 1.45. The Hall–Kier alpha value is -1.23. The topological polar surface area (TPSA) is 19.4 Å². The zero-order valence-corrected chi connectivity index (χ0v) is 15.8. The van der Waals surface area contributed by atoms with Crippen LogP contribution < -0.4 is 0 Å². The van der Waals surface area contributed by atoms with Gasteiger partial charge in [-0.3, -0.25) is 4.90 Å². The van der Waals surface area contributed by atoms with E-state index in [0.717, 1.165) is 12.5 Å². The number of aromatic nitrogens is 1. The molecule has 1 fully saturated rings. The van der Waals surface area contributed by atoms with Crippen LogP contribution in [0.15, 0.2) is 35.8 Å². The largest absolute Gasteiger partial charge is 0.303 e. The molecule has 3 nitrogen and oxygen atoms in total. The number of rotatable bonds is 7. The molecule has 0 spiro atoms. The summed E-state index contributed by atoms with van der Waals surface area (Å²) in [5.41, 5.74) is 2.93. The van der Waals surface area contributed by atoms with Crippen molar-refractivity contribution in [1.29, 1.82) is 0 Å². The number of hydrogen-bond donors (Lipinski definition) is 0. The fourth-order valence-electron chi connectivity index (χ4n) is 3.74. The highest BCUT2D eigenvalue weighted by atomic mass is 32.1. The second-order valence-corrected chi connectivity index (χ2v) is 8.09. The molecule has 1 aromatic carbocycles. The van der Waals surface area contributed by atoms with Crippen LogP contribution in [0.1, 0.15) is 29.0 Å². The summed E-state index contributed by atoms with van der Waals surface area (Å²) in [6, 6.07) is 8.80. The van der Waals surface area contributed by atoms with Crippen LogP contribution >= 0.6 is 11.3 Å². The van der Waals surface area contributed by atoms with E-state index in [1.165, 1.54) is 61.6 Å². The molecule has 2 aromatic rings. The smallest absolute Gasteiger partial charge is 0.107 e. The van der Waals surface area contributed by atoms with Gasteiger partial charge in [0.1, 0.15) is 5.01 Å². The summed E-state index contributed by atoms with van der Waals surface area (Å²) in [5, 5.41) is 3.29. The number of hydrogen-bond acceptors (Lipinski definition) is 4. The van der Waals surface area contributed by atoms with Crippen molar-refractivity contribution in [2.24, 2.45) is 5.92 Å². The van der Waals surface area contributed by atoms with E-state index < -0.39 is 0 Å². The summed E-state index contributed by atoms with van der Waals surface area (Å²) in [7, 11) is 2.23. The van der Waals surface area contributed by atoms with E-state index in [2.05, 4.69) is 58.4 Å². The molecule has 0 amide bonds. The van der Waals surface area contributed by atoms with E-state index in [4.69, 9.17) is 0 Å². The lowest BCUT2D eigenvalue weighted by Gasteiger charge is -2.34. The van der Waals surface area contributed by atoms with Gasteiger partial charge in [0.15, 0.2) is 0 Å². The molecule has 0 N–H and O–H groups in total. The molecule has 1 aliphatic heterocycles. The van der Waals surface area contributed by atoms with Gasteiger partial charge in [-0.2, -0.15) is 0 Å². The molecule has 0 bridgehead atoms. The number of nitrogens with zero attached hydrogens (tertiary/aromatic N) is 3. The average Bonchev–Trinajstić information content (AvgIpc) is 3.07. The van der Waals surface area contributed by atoms with E-state index >= 15 is 0 Å². The van der Waals surface area contributed by atoms with E-state index in [9.17, 15) is 0 Å². The van der Waals surface area contributed by atoms with Crippen LogP contribution in [0.3, 0.4) is 0 Å². The third-order valence-corrected chi connectivity index (χ3v) is 5.78. The van der Waals surface area contributed by atoms with Crippen molar-refractivity contribution in [1.82, 2.24) is 14.8 Å². The van der Waals surface area contributed by atoms with Gasteiger partial charge in [-0.1, -0.05) is 24.3 Å². The standard InChI is InChI=1S/C20H29N3S/c1-17-6-3-4-8-19(17)9-12-23-11-5-7-18(15-23)14-22(2)16-20-21-10-13-24-20/h3-4,6,8,10,13,18H,5,7,9,11-12,14-16H2,1-2H3/t18-/m0/s1. The SMILES string of the molecule is Cc1ccccc1CCN1CCC[C@@H](CN(C)Cc2nccs2)C1. The molecule has 2 heterocycles. The Morgan fingerprint density at radius 3 is 3.00 bits per heavy atom. The minimum Gasteiger partial charge on any atom is -0.303 e. The van der Waals surface area contributed by atoms with Crippen molar-refractivity contribution in [2.75, 3.05) is 33.2 Å². The quantitative estimate of drug-likeness (QED) is 0.761. The maximum Gasteiger partial charge on any atom is 0.107 e. The van der Waals surface area contributed by atoms with Crippen molar-refractivity contribution in [3.8, 4) is 0 Å². The molecular formula is C20H29N3S. The average molecular weight is 344 g/mol. The molecule has 1 saturated heterocycles. The van der Waals surface area contributed by atoms with Crippen LogP contribution in [-0.4, -0.2) is 48.0 Å². The van der Waals surface area contributed by atoms with Gasteiger partial charge in [-0.25, -0.2) is 4.98 Å². The first kappa shape index (κ1) is 17.6. The molecule has 0 radical (unpaired) electrons. The van der Waals surface area contributed by atoms with Crippen molar-refractivity contribution < 1.29 is 0 Å². The summed E-state index contributed by atoms with van der Waals surface area (Å²) < 4.78 is 0. The fraction of sp³-hybridized carbons (Fsp3) is 0.550. The van der Waals surface area contributed by atoms with Gasteiger partial charge in [0, 0.05) is 31.2 Å². The third-order valence-electron chi connectivity index (χ3n) is 5.02. The van der Waals surface area contributed by atoms with E-state index in [-0.39, 0.29) is 0 Å². The zero-order chi connectivity index (χ0) is 16.8. The molecule has 0 aliphatic carbocycles. The van der Waals surface area contributed by atoms with Crippen LogP contribution in [0.4, 0.5) is 0 Å². The molecule has 24 heavy (non-hydrogen) atoms. The summed E-state index contributed by atoms with van der Waals surface area (Å²) in [4.78, 5) is 9.51. The van der Waals surface area contributed by atoms with Gasteiger partial charge in [0.2, 0.25) is 0 Å². The second-order valence-electron chi connectivity index (χ2n) is 7.11. The fourth-order valence-corrected chi connectivity index (χ4v) is 4.44. The summed E-state index contributed by atoms with van der Waals surface area (Å²) >= 11 is 1.76. The highest BCUT2D eigenvalue weighted by molar-refractivity contribution is 7.09. The molecule has 1 atom stereocenters. The minimum atomic E-state index is 0.792. The highest BCUT2D eigenvalue weighted by Crippen LogP contribution is 2.19. The highest BCUT2D eigenvalue weighted by Gasteiger charge is 2.21. The number of aryl methyl sites for hydroxylation is 1. The number of piperidine rings is 1. The minimum absolute atomic E-state index is 0.792. The number of thiazole rings is 1. The van der Waals surface area contributed by atoms with Crippen molar-refractivity contribution >= 4 is 11.3 Å². The first-order chi connectivity index (χ1) is 11.7. The molecule has 130 valence electrons. The van der Waals surface area contributed by atoms with E-state index in [1.54, 1.807) is 11.3 Å². The van der Waals surface area contributed by atoms with Crippen LogP contribution in [0.25, 0.3) is 0 Å². The van der Waals surface area contributed by atoms with Crippen LogP contribution in [-0.2, 0) is 13.0 Å². The Morgan fingerprint density at radius 1 is 1.33 bits per heavy atom. The molecular weight excluding hydrogens is 314 g/mol. The maximum absolute atomic E-state index is 4.40. The normalized spacial score (nSPS) is 19.0. The lowest BCUT2D eigenvalue weighted by Crippen LogP contribution is -2.40. The Bertz CT molecular complexity index is 611. The third kappa shape index (κ3) is 5.13. The Morgan fingerprint density at radius 2 is 2.21 bits per heavy atom. The molecule has 0 unspecified atom stereocenters. The molecule has 1 aromatic heterocycles. The van der Waals surface area contributed by atoms with Crippen LogP contribution in [0.2, 0.25) is 0 Å². The van der Waals surface area contributed by atoms with Gasteiger partial charge in [0.05, 0.1) is 6.54 Å². The Kier molecular flexibility index (Phi) is 6.41. The summed E-state index contributed by atoms with van der Waals surface area (Å²) in [6.07, 6.45) is 5.78. The van der Waals surface area contributed by atoms with Gasteiger partial charge in [-0.05, 0) is 56.8 Å². The molecule has 3 rings (SSSR count). The van der Waals surface area contributed by atoms with Gasteiger partial charge < -0.3 is 4.90 Å². The molecule has 0 saturated carbocycles. The molecule has 1 aliphatic rings. The van der Waals surface area contributed by atoms with Crippen molar-refractivity contribution in [2.45, 2.75) is 32.7 Å². The van der Waals surface area contributed by atoms with Crippen molar-refractivity contribution in [3.05, 3.63) is 52.0 Å². The number of likely N-dealkylation sites (tertiary alicyclic amines) is 1. The van der Waals surface area contributed by atoms with Crippen LogP contribution in [0, 0.1) is 12.8 Å². The van der Waals surface area contributed by atoms with Crippen LogP contribution in [0.5, 0.6) is 0 Å². The van der Waals surface area contributed by atoms with Crippen molar-refractivity contribution in [3.63, 3.8) is 0 Å². The predicted octanol–water partition coefficient (Wildman–Crippen LogP) is 3.84. The van der Waals surface area contributed by atoms with E-state index in [1.807, 2.05) is 6.20 Å². The summed E-state index contributed by atoms with van der Waals surface area (Å²) in [6.45, 7) is 8.09. The zero-order valence-electron chi connectivity index (χ0n) is 14.9. The number of benzene rings is 1. The first-order valence-electron chi connectivity index (χ1n) is 9.04. The molecule has 4 heteroatoms. The first-order valence-corrected chi connectivity index (χ1v) is 9.92. The van der Waals surface area contributed by atoms with Gasteiger partial charge in [0.25, 0.3) is 0 Å². The second kappa shape index (κ2) is 8.75. The Labute approximate surface area is 150 Å².